The first-order valence-electron chi connectivity index (χ1n) is 4.56. The molecule has 0 aromatic carbocycles. The molecule has 0 aliphatic rings. The summed E-state index contributed by atoms with van der Waals surface area (Å²) >= 11 is 1.73. The van der Waals surface area contributed by atoms with Gasteiger partial charge in [0.25, 0.3) is 0 Å². The molecule has 2 rings (SSSR count). The van der Waals surface area contributed by atoms with Crippen LogP contribution < -0.4 is 10.2 Å². The van der Waals surface area contributed by atoms with Crippen LogP contribution in [0.4, 0.5) is 0 Å². The summed E-state index contributed by atoms with van der Waals surface area (Å²) in [5, 5.41) is 1.28. The van der Waals surface area contributed by atoms with Crippen molar-refractivity contribution in [3.63, 3.8) is 0 Å². The Morgan fingerprint density at radius 1 is 1.29 bits per heavy atom. The van der Waals surface area contributed by atoms with Crippen LogP contribution in [0.1, 0.15) is 0 Å². The Labute approximate surface area is 93.1 Å². The third-order valence-corrected chi connectivity index (χ3v) is 3.30. The van der Waals surface area contributed by atoms with Gasteiger partial charge in [-0.15, -0.1) is 0 Å². The van der Waals surface area contributed by atoms with Gasteiger partial charge in [0.2, 0.25) is 0 Å². The van der Waals surface area contributed by atoms with Gasteiger partial charge >= 0.3 is 93.0 Å². The molecule has 0 fully saturated rings. The quantitative estimate of drug-likeness (QED) is 0.456. The van der Waals surface area contributed by atoms with Crippen molar-refractivity contribution < 1.29 is 0 Å². The molecule has 0 N–H and O–H groups in total. The van der Waals surface area contributed by atoms with Crippen molar-refractivity contribution >= 4 is 86.2 Å². The van der Waals surface area contributed by atoms with Crippen LogP contribution in [0.3, 0.4) is 0 Å². The molecule has 2 aromatic heterocycles. The zero-order valence-electron chi connectivity index (χ0n) is 8.03. The molecule has 2 heterocycles. The molecule has 53 valence electrons. The molecule has 0 unspecified atom stereocenters. The normalized spacial score (nSPS) is 8.57. The Morgan fingerprint density at radius 3 is 2.79 bits per heavy atom. The van der Waals surface area contributed by atoms with Crippen molar-refractivity contribution in [2.24, 2.45) is 0 Å². The van der Waals surface area contributed by atoms with Crippen LogP contribution in [-0.4, -0.2) is 54.7 Å². The molecule has 0 saturated heterocycles. The fourth-order valence-electron chi connectivity index (χ4n) is 1.55. The molecule has 0 bridgehead atoms. The molecular weight excluding hydrogens is 179 g/mol. The molecule has 0 atom stereocenters. The van der Waals surface area contributed by atoms with Crippen LogP contribution in [-0.2, 0) is 0 Å². The summed E-state index contributed by atoms with van der Waals surface area (Å²) in [4.78, 5) is 0. The van der Waals surface area contributed by atoms with Crippen LogP contribution in [0.15, 0.2) is 0 Å². The molecule has 2 aromatic rings. The van der Waals surface area contributed by atoms with Crippen LogP contribution in [0.2, 0.25) is 6.82 Å². The fraction of sp³-hybridized carbons (Fsp3) is 0.200. The molecule has 9 heteroatoms. The second kappa shape index (κ2) is 4.83. The molecule has 0 aliphatic carbocycles. The van der Waals surface area contributed by atoms with Gasteiger partial charge in [-0.2, -0.15) is 0 Å². The third kappa shape index (κ3) is 1.93. The summed E-state index contributed by atoms with van der Waals surface area (Å²) in [7, 11) is 5.60. The average molecular weight is 182 g/mol. The number of thiophene rings is 1. The minimum absolute atomic E-state index is 1.14. The third-order valence-electron chi connectivity index (χ3n) is 2.15. The van der Waals surface area contributed by atoms with Crippen LogP contribution >= 0.6 is 11.3 Å². The van der Waals surface area contributed by atoms with E-state index in [9.17, 15) is 0 Å². The van der Waals surface area contributed by atoms with Crippen molar-refractivity contribution in [2.75, 3.05) is 0 Å². The van der Waals surface area contributed by atoms with E-state index >= 15 is 0 Å². The predicted octanol–water partition coefficient (Wildman–Crippen LogP) is -2.34. The summed E-state index contributed by atoms with van der Waals surface area (Å²) in [5.41, 5.74) is 1.23. The Kier molecular flexibility index (Phi) is 3.70. The van der Waals surface area contributed by atoms with E-state index < -0.39 is 0 Å². The summed E-state index contributed by atoms with van der Waals surface area (Å²) in [6.45, 7) is 16.2. The van der Waals surface area contributed by atoms with Gasteiger partial charge in [-0.05, 0) is 0 Å². The van der Waals surface area contributed by atoms with Gasteiger partial charge in [-0.25, -0.2) is 0 Å². The van der Waals surface area contributed by atoms with Crippen molar-refractivity contribution in [2.45, 2.75) is 6.82 Å². The minimum atomic E-state index is 1.14. The summed E-state index contributed by atoms with van der Waals surface area (Å²) in [6, 6.07) is 0. The molecule has 0 spiro atoms. The maximum atomic E-state index is 5.60. The van der Waals surface area contributed by atoms with E-state index in [1.807, 2.05) is 13.6 Å². The standard InChI is InChI=1S/C5H3B8S/c1-7-9-2-3-5(11-13-12-10-3)14-4(2)8-6/h1H3. The van der Waals surface area contributed by atoms with E-state index in [1.54, 1.807) is 18.1 Å². The van der Waals surface area contributed by atoms with Crippen LogP contribution in [0.5, 0.6) is 0 Å². The number of hydrogen-bond donors (Lipinski definition) is 0. The Hall–Kier alpha value is 0.219. The predicted molar refractivity (Wildman–Crippen MR) is 75.4 cm³/mol. The average Bonchev–Trinajstić information content (AvgIpc) is 2.58. The summed E-state index contributed by atoms with van der Waals surface area (Å²) in [6.07, 6.45) is 0. The molecule has 1 radical (unpaired) electrons. The van der Waals surface area contributed by atoms with Crippen molar-refractivity contribution in [1.29, 1.82) is 0 Å². The van der Waals surface area contributed by atoms with Crippen molar-refractivity contribution in [3.05, 3.63) is 0 Å². The molecule has 0 aliphatic heterocycles. The number of rotatable bonds is 2. The molecule has 14 heavy (non-hydrogen) atoms. The first-order valence-corrected chi connectivity index (χ1v) is 5.37. The van der Waals surface area contributed by atoms with Crippen LogP contribution in [0.25, 0.3) is 9.88 Å². The number of fused-ring (bicyclic) bond motifs is 1. The zero-order chi connectivity index (χ0) is 9.97. The maximum absolute atomic E-state index is 5.60. The zero-order valence-corrected chi connectivity index (χ0v) is 8.84. The van der Waals surface area contributed by atoms with Gasteiger partial charge in [-0.1, -0.05) is 0 Å². The monoisotopic (exact) mass is 183 g/mol. The summed E-state index contributed by atoms with van der Waals surface area (Å²) in [5.74, 6) is 0. The Bertz CT molecular complexity index is 501. The van der Waals surface area contributed by atoms with Gasteiger partial charge in [0.1, 0.15) is 0 Å². The summed E-state index contributed by atoms with van der Waals surface area (Å²) < 4.78 is 2.43. The molecular formula is C5H3B8S. The van der Waals surface area contributed by atoms with Gasteiger partial charge in [0.05, 0.1) is 0 Å². The second-order valence-corrected chi connectivity index (χ2v) is 4.13. The Balaban J connectivity index is 2.80. The van der Waals surface area contributed by atoms with E-state index in [0.29, 0.717) is 0 Å². The van der Waals surface area contributed by atoms with Gasteiger partial charge in [0.15, 0.2) is 0 Å². The second-order valence-electron chi connectivity index (χ2n) is 3.04. The topological polar surface area (TPSA) is 0 Å². The van der Waals surface area contributed by atoms with E-state index in [-0.39, 0.29) is 0 Å². The van der Waals surface area contributed by atoms with E-state index in [0.717, 1.165) is 4.78 Å². The van der Waals surface area contributed by atoms with E-state index in [1.165, 1.54) is 15.3 Å². The van der Waals surface area contributed by atoms with Crippen LogP contribution in [0, 0.1) is 0 Å². The first-order chi connectivity index (χ1) is 6.86. The van der Waals surface area contributed by atoms with Gasteiger partial charge < -0.3 is 0 Å². The van der Waals surface area contributed by atoms with Gasteiger partial charge in [0, 0.05) is 0 Å². The SMILES string of the molecule is [B]=Bc1sc2bbbbc2c1B=BC. The number of hydrogen-bond acceptors (Lipinski definition) is 1. The van der Waals surface area contributed by atoms with Crippen molar-refractivity contribution in [3.8, 4) is 0 Å². The Morgan fingerprint density at radius 2 is 2.07 bits per heavy atom. The fourth-order valence-corrected chi connectivity index (χ4v) is 2.57. The molecule has 0 amide bonds. The van der Waals surface area contributed by atoms with E-state index in [2.05, 4.69) is 33.8 Å². The molecule has 0 saturated carbocycles. The van der Waals surface area contributed by atoms with E-state index in [4.69, 9.17) is 7.37 Å². The van der Waals surface area contributed by atoms with Gasteiger partial charge in [-0.3, -0.25) is 0 Å². The molecule has 0 nitrogen and oxygen atoms in total. The first kappa shape index (κ1) is 10.7. The van der Waals surface area contributed by atoms with Crippen molar-refractivity contribution in [1.82, 2.24) is 0 Å².